The number of carbonyl (C=O) groups excluding carboxylic acids is 1. The minimum Gasteiger partial charge on any atom is -0.372 e. The van der Waals surface area contributed by atoms with Crippen LogP contribution in [0.15, 0.2) is 29.1 Å². The number of anilines is 1. The molecule has 0 saturated heterocycles. The van der Waals surface area contributed by atoms with E-state index in [9.17, 15) is 4.79 Å². The van der Waals surface area contributed by atoms with E-state index in [2.05, 4.69) is 36.5 Å². The quantitative estimate of drug-likeness (QED) is 0.869. The minimum absolute atomic E-state index is 0.155. The van der Waals surface area contributed by atoms with Crippen molar-refractivity contribution in [2.75, 3.05) is 18.9 Å². The van der Waals surface area contributed by atoms with Crippen LogP contribution in [-0.4, -0.2) is 34.0 Å². The Bertz CT molecular complexity index is 611. The van der Waals surface area contributed by atoms with Crippen molar-refractivity contribution in [3.63, 3.8) is 0 Å². The molecule has 7 heteroatoms. The van der Waals surface area contributed by atoms with Crippen LogP contribution in [0.25, 0.3) is 0 Å². The number of hydrogen-bond donors (Lipinski definition) is 2. The SMILES string of the molecule is CNc1ncc(Br)cc1C(=O)NCCc1nccn1C. The molecule has 106 valence electrons. The Kier molecular flexibility index (Phi) is 4.73. The van der Waals surface area contributed by atoms with Crippen LogP contribution in [0.3, 0.4) is 0 Å². The Labute approximate surface area is 125 Å². The fourth-order valence-electron chi connectivity index (χ4n) is 1.83. The Morgan fingerprint density at radius 2 is 2.25 bits per heavy atom. The molecule has 0 radical (unpaired) electrons. The molecule has 0 aromatic carbocycles. The lowest BCUT2D eigenvalue weighted by Crippen LogP contribution is -2.27. The minimum atomic E-state index is -0.155. The maximum absolute atomic E-state index is 12.2. The summed E-state index contributed by atoms with van der Waals surface area (Å²) in [5.41, 5.74) is 0.515. The Morgan fingerprint density at radius 3 is 2.90 bits per heavy atom. The number of aryl methyl sites for hydroxylation is 1. The molecule has 0 aliphatic carbocycles. The monoisotopic (exact) mass is 337 g/mol. The van der Waals surface area contributed by atoms with Gasteiger partial charge in [-0.25, -0.2) is 9.97 Å². The topological polar surface area (TPSA) is 71.8 Å². The largest absolute Gasteiger partial charge is 0.372 e. The van der Waals surface area contributed by atoms with E-state index in [0.29, 0.717) is 24.3 Å². The van der Waals surface area contributed by atoms with Crippen molar-refractivity contribution >= 4 is 27.7 Å². The van der Waals surface area contributed by atoms with Gasteiger partial charge in [0.05, 0.1) is 5.56 Å². The van der Waals surface area contributed by atoms with E-state index >= 15 is 0 Å². The average molecular weight is 338 g/mol. The smallest absolute Gasteiger partial charge is 0.255 e. The van der Waals surface area contributed by atoms with Crippen molar-refractivity contribution in [2.45, 2.75) is 6.42 Å². The lowest BCUT2D eigenvalue weighted by Gasteiger charge is -2.09. The van der Waals surface area contributed by atoms with E-state index in [1.165, 1.54) is 0 Å². The van der Waals surface area contributed by atoms with Crippen molar-refractivity contribution < 1.29 is 4.79 Å². The molecular formula is C13H16BrN5O. The molecule has 20 heavy (non-hydrogen) atoms. The van der Waals surface area contributed by atoms with Crippen LogP contribution < -0.4 is 10.6 Å². The first-order chi connectivity index (χ1) is 9.61. The molecular weight excluding hydrogens is 322 g/mol. The normalized spacial score (nSPS) is 10.3. The van der Waals surface area contributed by atoms with Crippen molar-refractivity contribution in [1.82, 2.24) is 19.9 Å². The zero-order chi connectivity index (χ0) is 14.5. The molecule has 0 saturated carbocycles. The number of hydrogen-bond acceptors (Lipinski definition) is 4. The number of nitrogens with zero attached hydrogens (tertiary/aromatic N) is 3. The molecule has 2 N–H and O–H groups in total. The number of rotatable bonds is 5. The van der Waals surface area contributed by atoms with E-state index < -0.39 is 0 Å². The summed E-state index contributed by atoms with van der Waals surface area (Å²) >= 11 is 3.32. The highest BCUT2D eigenvalue weighted by molar-refractivity contribution is 9.10. The zero-order valence-electron chi connectivity index (χ0n) is 11.4. The van der Waals surface area contributed by atoms with Crippen molar-refractivity contribution in [1.29, 1.82) is 0 Å². The maximum Gasteiger partial charge on any atom is 0.255 e. The third-order valence-corrected chi connectivity index (χ3v) is 3.32. The standard InChI is InChI=1S/C13H16BrN5O/c1-15-12-10(7-9(14)8-18-12)13(20)17-4-3-11-16-5-6-19(11)2/h5-8H,3-4H2,1-2H3,(H,15,18)(H,17,20). The Morgan fingerprint density at radius 1 is 1.45 bits per heavy atom. The summed E-state index contributed by atoms with van der Waals surface area (Å²) in [6, 6.07) is 1.74. The first kappa shape index (κ1) is 14.5. The summed E-state index contributed by atoms with van der Waals surface area (Å²) in [5, 5.41) is 5.78. The number of pyridine rings is 1. The van der Waals surface area contributed by atoms with E-state index in [1.807, 2.05) is 17.8 Å². The van der Waals surface area contributed by atoms with Gasteiger partial charge in [0.15, 0.2) is 0 Å². The maximum atomic E-state index is 12.2. The first-order valence-corrected chi connectivity index (χ1v) is 6.99. The van der Waals surface area contributed by atoms with E-state index in [4.69, 9.17) is 0 Å². The van der Waals surface area contributed by atoms with Gasteiger partial charge in [-0.3, -0.25) is 4.79 Å². The van der Waals surface area contributed by atoms with Crippen LogP contribution in [-0.2, 0) is 13.5 Å². The predicted octanol–water partition coefficient (Wildman–Crippen LogP) is 1.59. The second-order valence-corrected chi connectivity index (χ2v) is 5.18. The zero-order valence-corrected chi connectivity index (χ0v) is 12.9. The molecule has 2 rings (SSSR count). The van der Waals surface area contributed by atoms with Crippen LogP contribution in [0.5, 0.6) is 0 Å². The summed E-state index contributed by atoms with van der Waals surface area (Å²) < 4.78 is 2.71. The Hall–Kier alpha value is -1.89. The molecule has 0 aliphatic rings. The highest BCUT2D eigenvalue weighted by atomic mass is 79.9. The van der Waals surface area contributed by atoms with Crippen molar-refractivity contribution in [3.05, 3.63) is 40.5 Å². The molecule has 0 bridgehead atoms. The number of nitrogens with one attached hydrogen (secondary N) is 2. The number of aromatic nitrogens is 3. The fraction of sp³-hybridized carbons (Fsp3) is 0.308. The van der Waals surface area contributed by atoms with Gasteiger partial charge in [0.25, 0.3) is 5.91 Å². The second-order valence-electron chi connectivity index (χ2n) is 4.26. The predicted molar refractivity (Wildman–Crippen MR) is 80.7 cm³/mol. The first-order valence-electron chi connectivity index (χ1n) is 6.19. The molecule has 2 aromatic rings. The highest BCUT2D eigenvalue weighted by Crippen LogP contribution is 2.17. The van der Waals surface area contributed by atoms with Crippen LogP contribution in [0, 0.1) is 0 Å². The summed E-state index contributed by atoms with van der Waals surface area (Å²) in [4.78, 5) is 20.5. The van der Waals surface area contributed by atoms with Crippen LogP contribution in [0.4, 0.5) is 5.82 Å². The second kappa shape index (κ2) is 6.51. The van der Waals surface area contributed by atoms with Crippen LogP contribution in [0.1, 0.15) is 16.2 Å². The number of carbonyl (C=O) groups is 1. The molecule has 0 atom stereocenters. The van der Waals surface area contributed by atoms with Crippen molar-refractivity contribution in [2.24, 2.45) is 7.05 Å². The molecule has 0 unspecified atom stereocenters. The average Bonchev–Trinajstić information content (AvgIpc) is 2.84. The molecule has 0 aliphatic heterocycles. The van der Waals surface area contributed by atoms with E-state index in [-0.39, 0.29) is 5.91 Å². The van der Waals surface area contributed by atoms with Crippen LogP contribution in [0.2, 0.25) is 0 Å². The molecule has 2 aromatic heterocycles. The van der Waals surface area contributed by atoms with E-state index in [0.717, 1.165) is 10.3 Å². The lowest BCUT2D eigenvalue weighted by atomic mass is 10.2. The van der Waals surface area contributed by atoms with Gasteiger partial charge < -0.3 is 15.2 Å². The lowest BCUT2D eigenvalue weighted by molar-refractivity contribution is 0.0954. The van der Waals surface area contributed by atoms with Gasteiger partial charge in [0.1, 0.15) is 11.6 Å². The number of halogens is 1. The van der Waals surface area contributed by atoms with Crippen molar-refractivity contribution in [3.8, 4) is 0 Å². The molecule has 0 fully saturated rings. The molecule has 2 heterocycles. The third-order valence-electron chi connectivity index (χ3n) is 2.89. The number of amides is 1. The van der Waals surface area contributed by atoms with Gasteiger partial charge in [0, 0.05) is 50.1 Å². The Balaban J connectivity index is 1.98. The summed E-state index contributed by atoms with van der Waals surface area (Å²) in [6.45, 7) is 0.527. The molecule has 6 nitrogen and oxygen atoms in total. The van der Waals surface area contributed by atoms with Gasteiger partial charge in [-0.1, -0.05) is 0 Å². The molecule has 1 amide bonds. The van der Waals surface area contributed by atoms with Gasteiger partial charge in [-0.15, -0.1) is 0 Å². The van der Waals surface area contributed by atoms with E-state index in [1.54, 1.807) is 25.5 Å². The highest BCUT2D eigenvalue weighted by Gasteiger charge is 2.12. The molecule has 0 spiro atoms. The fourth-order valence-corrected chi connectivity index (χ4v) is 2.16. The van der Waals surface area contributed by atoms with Gasteiger partial charge in [-0.05, 0) is 22.0 Å². The summed E-state index contributed by atoms with van der Waals surface area (Å²) in [6.07, 6.45) is 5.96. The van der Waals surface area contributed by atoms with Gasteiger partial charge >= 0.3 is 0 Å². The summed E-state index contributed by atoms with van der Waals surface area (Å²) in [7, 11) is 3.67. The van der Waals surface area contributed by atoms with Gasteiger partial charge in [0.2, 0.25) is 0 Å². The summed E-state index contributed by atoms with van der Waals surface area (Å²) in [5.74, 6) is 1.34. The number of imidazole rings is 1. The van der Waals surface area contributed by atoms with Crippen LogP contribution >= 0.6 is 15.9 Å². The third kappa shape index (κ3) is 3.36. The van der Waals surface area contributed by atoms with Gasteiger partial charge in [-0.2, -0.15) is 0 Å².